The molecule has 2 aromatic rings. The van der Waals surface area contributed by atoms with Crippen molar-refractivity contribution in [3.63, 3.8) is 0 Å². The third kappa shape index (κ3) is 6.11. The topological polar surface area (TPSA) is 60.2 Å². The van der Waals surface area contributed by atoms with Crippen LogP contribution >= 0.6 is 0 Å². The lowest BCUT2D eigenvalue weighted by Crippen LogP contribution is -2.26. The van der Waals surface area contributed by atoms with Gasteiger partial charge in [0.1, 0.15) is 18.4 Å². The smallest absolute Gasteiger partial charge is 0.377 e. The van der Waals surface area contributed by atoms with Crippen LogP contribution in [-0.2, 0) is 17.9 Å². The average Bonchev–Trinajstić information content (AvgIpc) is 2.94. The third-order valence-electron chi connectivity index (χ3n) is 3.97. The molecule has 0 aliphatic heterocycles. The Hall–Kier alpha value is -1.78. The molecule has 10 heteroatoms. The standard InChI is InChI=1S/C17H23F4N3O2Si/c1-27(2,3)7-6-26-11-24-13(8-12-4-5-22-10-14(12)18)9-23-16(24)15(25)17(19,20)21/h4-5,9-10,15,25H,6-8,11H2,1-3H3. The van der Waals surface area contributed by atoms with E-state index in [0.717, 1.165) is 16.8 Å². The maximum absolute atomic E-state index is 13.9. The first-order valence-corrected chi connectivity index (χ1v) is 12.1. The van der Waals surface area contributed by atoms with Gasteiger partial charge in [-0.2, -0.15) is 13.2 Å². The van der Waals surface area contributed by atoms with E-state index in [0.29, 0.717) is 12.3 Å². The van der Waals surface area contributed by atoms with E-state index in [4.69, 9.17) is 4.74 Å². The molecular weight excluding hydrogens is 382 g/mol. The van der Waals surface area contributed by atoms with Crippen LogP contribution in [0.5, 0.6) is 0 Å². The summed E-state index contributed by atoms with van der Waals surface area (Å²) in [6, 6.07) is 2.28. The van der Waals surface area contributed by atoms with Gasteiger partial charge in [-0.25, -0.2) is 9.37 Å². The Morgan fingerprint density at radius 2 is 1.96 bits per heavy atom. The van der Waals surface area contributed by atoms with Crippen LogP contribution in [0.15, 0.2) is 24.7 Å². The molecular formula is C17H23F4N3O2Si. The molecule has 0 aliphatic rings. The molecule has 0 bridgehead atoms. The van der Waals surface area contributed by atoms with Crippen molar-refractivity contribution in [2.45, 2.75) is 51.1 Å². The second-order valence-corrected chi connectivity index (χ2v) is 13.1. The van der Waals surface area contributed by atoms with Crippen LogP contribution in [0.1, 0.15) is 23.2 Å². The maximum Gasteiger partial charge on any atom is 0.421 e. The molecule has 2 rings (SSSR count). The van der Waals surface area contributed by atoms with Gasteiger partial charge in [-0.05, 0) is 17.7 Å². The van der Waals surface area contributed by atoms with Gasteiger partial charge in [-0.3, -0.25) is 4.98 Å². The van der Waals surface area contributed by atoms with Gasteiger partial charge in [0.15, 0.2) is 0 Å². The molecule has 0 fully saturated rings. The van der Waals surface area contributed by atoms with Crippen molar-refractivity contribution in [3.8, 4) is 0 Å². The first-order valence-electron chi connectivity index (χ1n) is 8.44. The molecule has 0 radical (unpaired) electrons. The third-order valence-corrected chi connectivity index (χ3v) is 5.67. The Morgan fingerprint density at radius 1 is 1.26 bits per heavy atom. The largest absolute Gasteiger partial charge is 0.421 e. The van der Waals surface area contributed by atoms with Crippen LogP contribution in [0.3, 0.4) is 0 Å². The molecule has 27 heavy (non-hydrogen) atoms. The molecule has 0 spiro atoms. The van der Waals surface area contributed by atoms with E-state index in [9.17, 15) is 22.7 Å². The number of hydrogen-bond acceptors (Lipinski definition) is 4. The van der Waals surface area contributed by atoms with Crippen LogP contribution in [0.2, 0.25) is 25.7 Å². The highest BCUT2D eigenvalue weighted by Gasteiger charge is 2.42. The Kier molecular flexibility index (Phi) is 6.76. The normalized spacial score (nSPS) is 13.8. The van der Waals surface area contributed by atoms with Gasteiger partial charge >= 0.3 is 6.18 Å². The number of nitrogens with zero attached hydrogens (tertiary/aromatic N) is 3. The Labute approximate surface area is 156 Å². The van der Waals surface area contributed by atoms with Crippen molar-refractivity contribution in [2.75, 3.05) is 6.61 Å². The van der Waals surface area contributed by atoms with E-state index < -0.39 is 32.0 Å². The highest BCUT2D eigenvalue weighted by molar-refractivity contribution is 6.76. The van der Waals surface area contributed by atoms with E-state index in [1.54, 1.807) is 0 Å². The minimum atomic E-state index is -4.86. The Bertz CT molecular complexity index is 759. The fourth-order valence-electron chi connectivity index (χ4n) is 2.36. The van der Waals surface area contributed by atoms with E-state index in [2.05, 4.69) is 29.6 Å². The predicted octanol–water partition coefficient (Wildman–Crippen LogP) is 3.92. The average molecular weight is 405 g/mol. The van der Waals surface area contributed by atoms with Crippen LogP contribution in [0.4, 0.5) is 17.6 Å². The summed E-state index contributed by atoms with van der Waals surface area (Å²) in [6.07, 6.45) is -3.97. The number of halogens is 4. The Morgan fingerprint density at radius 3 is 2.56 bits per heavy atom. The molecule has 2 aromatic heterocycles. The van der Waals surface area contributed by atoms with Gasteiger partial charge in [-0.1, -0.05) is 19.6 Å². The van der Waals surface area contributed by atoms with Crippen molar-refractivity contribution in [1.82, 2.24) is 14.5 Å². The summed E-state index contributed by atoms with van der Waals surface area (Å²) < 4.78 is 59.4. The second kappa shape index (κ2) is 8.49. The molecule has 0 amide bonds. The number of hydrogen-bond donors (Lipinski definition) is 1. The van der Waals surface area contributed by atoms with Gasteiger partial charge in [-0.15, -0.1) is 0 Å². The molecule has 0 aliphatic carbocycles. The number of aromatic nitrogens is 3. The fourth-order valence-corrected chi connectivity index (χ4v) is 3.12. The molecule has 0 saturated carbocycles. The van der Waals surface area contributed by atoms with Crippen molar-refractivity contribution < 1.29 is 27.4 Å². The number of alkyl halides is 3. The zero-order valence-corrected chi connectivity index (χ0v) is 16.4. The van der Waals surface area contributed by atoms with Crippen molar-refractivity contribution >= 4 is 8.07 Å². The van der Waals surface area contributed by atoms with Crippen LogP contribution < -0.4 is 0 Å². The first-order chi connectivity index (χ1) is 12.5. The van der Waals surface area contributed by atoms with Gasteiger partial charge in [0.05, 0.1) is 6.20 Å². The minimum Gasteiger partial charge on any atom is -0.377 e. The number of ether oxygens (including phenoxy) is 1. The number of aliphatic hydroxyl groups is 1. The van der Waals surface area contributed by atoms with Gasteiger partial charge in [0, 0.05) is 39.2 Å². The molecule has 150 valence electrons. The fraction of sp³-hybridized carbons (Fsp3) is 0.529. The summed E-state index contributed by atoms with van der Waals surface area (Å²) in [6.45, 7) is 6.66. The summed E-state index contributed by atoms with van der Waals surface area (Å²) in [4.78, 5) is 7.37. The van der Waals surface area contributed by atoms with Gasteiger partial charge in [0.25, 0.3) is 0 Å². The summed E-state index contributed by atoms with van der Waals surface area (Å²) in [5, 5.41) is 9.62. The van der Waals surface area contributed by atoms with Gasteiger partial charge in [0.2, 0.25) is 6.10 Å². The number of imidazole rings is 1. The van der Waals surface area contributed by atoms with E-state index in [1.807, 2.05) is 0 Å². The molecule has 1 N–H and O–H groups in total. The van der Waals surface area contributed by atoms with Crippen LogP contribution in [0, 0.1) is 5.82 Å². The summed E-state index contributed by atoms with van der Waals surface area (Å²) >= 11 is 0. The summed E-state index contributed by atoms with van der Waals surface area (Å²) in [5.41, 5.74) is 0.577. The van der Waals surface area contributed by atoms with Crippen molar-refractivity contribution in [1.29, 1.82) is 0 Å². The van der Waals surface area contributed by atoms with Crippen LogP contribution in [-0.4, -0.2) is 40.5 Å². The summed E-state index contributed by atoms with van der Waals surface area (Å²) in [7, 11) is -1.36. The lowest BCUT2D eigenvalue weighted by Gasteiger charge is -2.19. The zero-order valence-electron chi connectivity index (χ0n) is 15.4. The lowest BCUT2D eigenvalue weighted by molar-refractivity contribution is -0.210. The van der Waals surface area contributed by atoms with E-state index in [-0.39, 0.29) is 18.7 Å². The molecule has 0 aromatic carbocycles. The lowest BCUT2D eigenvalue weighted by atomic mass is 10.1. The monoisotopic (exact) mass is 405 g/mol. The zero-order chi connectivity index (χ0) is 20.2. The molecule has 0 saturated heterocycles. The predicted molar refractivity (Wildman–Crippen MR) is 94.3 cm³/mol. The highest BCUT2D eigenvalue weighted by Crippen LogP contribution is 2.32. The highest BCUT2D eigenvalue weighted by atomic mass is 28.3. The first kappa shape index (κ1) is 21.5. The van der Waals surface area contributed by atoms with Crippen molar-refractivity contribution in [3.05, 3.63) is 47.6 Å². The number of pyridine rings is 1. The maximum atomic E-state index is 13.9. The Balaban J connectivity index is 2.25. The second-order valence-electron chi connectivity index (χ2n) is 7.47. The van der Waals surface area contributed by atoms with Gasteiger partial charge < -0.3 is 14.4 Å². The SMILES string of the molecule is C[Si](C)(C)CCOCn1c(Cc2ccncc2F)cnc1C(O)C(F)(F)F. The van der Waals surface area contributed by atoms with E-state index >= 15 is 0 Å². The van der Waals surface area contributed by atoms with E-state index in [1.165, 1.54) is 18.5 Å². The van der Waals surface area contributed by atoms with Crippen molar-refractivity contribution in [2.24, 2.45) is 0 Å². The minimum absolute atomic E-state index is 0.00329. The molecule has 2 heterocycles. The molecule has 1 unspecified atom stereocenters. The quantitative estimate of drug-likeness (QED) is 0.411. The number of aliphatic hydroxyl groups excluding tert-OH is 1. The van der Waals surface area contributed by atoms with Crippen LogP contribution in [0.25, 0.3) is 0 Å². The number of rotatable bonds is 8. The molecule has 5 nitrogen and oxygen atoms in total. The summed E-state index contributed by atoms with van der Waals surface area (Å²) in [5.74, 6) is -1.14. The molecule has 1 atom stereocenters.